The molecular weight excluding hydrogens is 374 g/mol. The zero-order valence-corrected chi connectivity index (χ0v) is 19.7. The molecule has 0 radical (unpaired) electrons. The highest BCUT2D eigenvalue weighted by molar-refractivity contribution is 5.95. The van der Waals surface area contributed by atoms with Crippen molar-refractivity contribution in [3.8, 4) is 0 Å². The zero-order chi connectivity index (χ0) is 21.6. The molecule has 0 bridgehead atoms. The first kappa shape index (κ1) is 23.3. The van der Waals surface area contributed by atoms with E-state index in [4.69, 9.17) is 19.2 Å². The first-order valence-corrected chi connectivity index (χ1v) is 12.0. The molecule has 4 heteroatoms. The molecule has 1 aromatic carbocycles. The molecule has 30 heavy (non-hydrogen) atoms. The fourth-order valence-corrected chi connectivity index (χ4v) is 4.13. The van der Waals surface area contributed by atoms with Crippen molar-refractivity contribution in [2.75, 3.05) is 13.2 Å². The highest BCUT2D eigenvalue weighted by Crippen LogP contribution is 2.32. The monoisotopic (exact) mass is 415 g/mol. The van der Waals surface area contributed by atoms with Gasteiger partial charge in [0.15, 0.2) is 6.29 Å². The van der Waals surface area contributed by atoms with Crippen molar-refractivity contribution in [2.45, 2.75) is 98.0 Å². The lowest BCUT2D eigenvalue weighted by molar-refractivity contribution is -0.237. The molecule has 3 rings (SSSR count). The molecule has 2 aliphatic heterocycles. The summed E-state index contributed by atoms with van der Waals surface area (Å²) in [4.78, 5) is 4.78. The lowest BCUT2D eigenvalue weighted by Gasteiger charge is -2.35. The maximum absolute atomic E-state index is 6.22. The van der Waals surface area contributed by atoms with Gasteiger partial charge in [0, 0.05) is 17.0 Å². The standard InChI is InChI=1S/C26H41NO3/c1-6-7-8-9-10-11-12-22-17-29-25(30-19(22)2)21-15-13-20(14-16-21)24-27-23(18-28-24)26(3,4)5/h13-16,19,22-23,25H,6-12,17-18H2,1-5H3/t19-,22+,23+,25+/m1/s1. The van der Waals surface area contributed by atoms with Gasteiger partial charge in [0.25, 0.3) is 0 Å². The Morgan fingerprint density at radius 2 is 1.67 bits per heavy atom. The van der Waals surface area contributed by atoms with Gasteiger partial charge in [-0.3, -0.25) is 0 Å². The summed E-state index contributed by atoms with van der Waals surface area (Å²) in [5.41, 5.74) is 2.21. The summed E-state index contributed by atoms with van der Waals surface area (Å²) < 4.78 is 18.2. The van der Waals surface area contributed by atoms with Crippen LogP contribution in [-0.2, 0) is 14.2 Å². The SMILES string of the molecule is CCCCCCCC[C@H]1CO[C@H](c2ccc(C3=N[C@H](C(C)(C)C)CO3)cc2)O[C@@H]1C. The van der Waals surface area contributed by atoms with Crippen LogP contribution in [0.1, 0.15) is 97.0 Å². The molecule has 1 aromatic rings. The van der Waals surface area contributed by atoms with Gasteiger partial charge in [-0.1, -0.05) is 78.4 Å². The molecule has 0 amide bonds. The van der Waals surface area contributed by atoms with E-state index in [1.165, 1.54) is 44.9 Å². The molecule has 0 saturated carbocycles. The molecule has 4 nitrogen and oxygen atoms in total. The maximum Gasteiger partial charge on any atom is 0.216 e. The van der Waals surface area contributed by atoms with E-state index in [9.17, 15) is 0 Å². The first-order valence-electron chi connectivity index (χ1n) is 12.0. The molecule has 0 aliphatic carbocycles. The smallest absolute Gasteiger partial charge is 0.216 e. The van der Waals surface area contributed by atoms with Crippen LogP contribution in [0.15, 0.2) is 29.3 Å². The third-order valence-electron chi connectivity index (χ3n) is 6.47. The number of ether oxygens (including phenoxy) is 3. The van der Waals surface area contributed by atoms with E-state index in [1.807, 2.05) is 0 Å². The number of rotatable bonds is 9. The summed E-state index contributed by atoms with van der Waals surface area (Å²) in [5, 5.41) is 0. The molecule has 4 atom stereocenters. The van der Waals surface area contributed by atoms with Crippen molar-refractivity contribution in [2.24, 2.45) is 16.3 Å². The van der Waals surface area contributed by atoms with Crippen molar-refractivity contribution in [3.05, 3.63) is 35.4 Å². The maximum atomic E-state index is 6.22. The Kier molecular flexibility index (Phi) is 8.35. The third-order valence-corrected chi connectivity index (χ3v) is 6.47. The Labute approximate surface area is 183 Å². The van der Waals surface area contributed by atoms with Crippen LogP contribution in [0.3, 0.4) is 0 Å². The number of benzene rings is 1. The molecule has 1 fully saturated rings. The molecule has 0 N–H and O–H groups in total. The van der Waals surface area contributed by atoms with Crippen molar-refractivity contribution in [1.29, 1.82) is 0 Å². The number of nitrogens with zero attached hydrogens (tertiary/aromatic N) is 1. The average Bonchev–Trinajstić information content (AvgIpc) is 3.22. The van der Waals surface area contributed by atoms with E-state index in [2.05, 4.69) is 58.9 Å². The predicted molar refractivity (Wildman–Crippen MR) is 123 cm³/mol. The third kappa shape index (κ3) is 6.31. The summed E-state index contributed by atoms with van der Waals surface area (Å²) in [7, 11) is 0. The van der Waals surface area contributed by atoms with E-state index < -0.39 is 0 Å². The Morgan fingerprint density at radius 3 is 2.30 bits per heavy atom. The summed E-state index contributed by atoms with van der Waals surface area (Å²) in [6.07, 6.45) is 9.17. The van der Waals surface area contributed by atoms with Crippen LogP contribution in [0.4, 0.5) is 0 Å². The molecular formula is C26H41NO3. The van der Waals surface area contributed by atoms with Gasteiger partial charge in [0.05, 0.1) is 18.8 Å². The summed E-state index contributed by atoms with van der Waals surface area (Å²) in [6, 6.07) is 8.51. The van der Waals surface area contributed by atoms with E-state index in [-0.39, 0.29) is 23.9 Å². The largest absolute Gasteiger partial charge is 0.475 e. The van der Waals surface area contributed by atoms with Crippen molar-refractivity contribution in [3.63, 3.8) is 0 Å². The Morgan fingerprint density at radius 1 is 0.967 bits per heavy atom. The normalized spacial score (nSPS) is 27.0. The minimum absolute atomic E-state index is 0.119. The predicted octanol–water partition coefficient (Wildman–Crippen LogP) is 6.68. The molecule has 0 unspecified atom stereocenters. The van der Waals surface area contributed by atoms with Gasteiger partial charge in [-0.15, -0.1) is 0 Å². The molecule has 0 spiro atoms. The van der Waals surface area contributed by atoms with Gasteiger partial charge in [-0.25, -0.2) is 4.99 Å². The van der Waals surface area contributed by atoms with Gasteiger partial charge < -0.3 is 14.2 Å². The number of hydrogen-bond acceptors (Lipinski definition) is 4. The number of unbranched alkanes of at least 4 members (excludes halogenated alkanes) is 5. The van der Waals surface area contributed by atoms with Crippen molar-refractivity contribution in [1.82, 2.24) is 0 Å². The van der Waals surface area contributed by atoms with Crippen LogP contribution in [0.5, 0.6) is 0 Å². The minimum atomic E-state index is -0.274. The first-order chi connectivity index (χ1) is 14.4. The second kappa shape index (κ2) is 10.8. The van der Waals surface area contributed by atoms with Gasteiger partial charge in [-0.05, 0) is 30.9 Å². The van der Waals surface area contributed by atoms with Crippen LogP contribution in [-0.4, -0.2) is 31.3 Å². The van der Waals surface area contributed by atoms with Crippen molar-refractivity contribution >= 4 is 5.90 Å². The molecule has 2 aliphatic rings. The van der Waals surface area contributed by atoms with E-state index in [0.717, 1.165) is 23.6 Å². The lowest BCUT2D eigenvalue weighted by atomic mass is 9.88. The summed E-state index contributed by atoms with van der Waals surface area (Å²) in [5.74, 6) is 1.25. The second-order valence-electron chi connectivity index (χ2n) is 10.1. The molecule has 2 heterocycles. The fraction of sp³-hybridized carbons (Fsp3) is 0.731. The van der Waals surface area contributed by atoms with Crippen LogP contribution >= 0.6 is 0 Å². The molecule has 1 saturated heterocycles. The Hall–Kier alpha value is -1.39. The van der Waals surface area contributed by atoms with E-state index in [1.54, 1.807) is 0 Å². The highest BCUT2D eigenvalue weighted by atomic mass is 16.7. The van der Waals surface area contributed by atoms with Gasteiger partial charge in [0.1, 0.15) is 6.61 Å². The van der Waals surface area contributed by atoms with Crippen LogP contribution in [0, 0.1) is 11.3 Å². The Bertz CT molecular complexity index is 677. The Balaban J connectivity index is 1.47. The summed E-state index contributed by atoms with van der Waals surface area (Å²) in [6.45, 7) is 12.5. The summed E-state index contributed by atoms with van der Waals surface area (Å²) >= 11 is 0. The van der Waals surface area contributed by atoms with Gasteiger partial charge >= 0.3 is 0 Å². The topological polar surface area (TPSA) is 40.0 Å². The number of hydrogen-bond donors (Lipinski definition) is 0. The average molecular weight is 416 g/mol. The zero-order valence-electron chi connectivity index (χ0n) is 19.7. The van der Waals surface area contributed by atoms with Crippen molar-refractivity contribution < 1.29 is 14.2 Å². The number of aliphatic imine (C=N–C) groups is 1. The van der Waals surface area contributed by atoms with Gasteiger partial charge in [0.2, 0.25) is 5.90 Å². The highest BCUT2D eigenvalue weighted by Gasteiger charge is 2.32. The van der Waals surface area contributed by atoms with Crippen LogP contribution in [0.25, 0.3) is 0 Å². The van der Waals surface area contributed by atoms with E-state index >= 15 is 0 Å². The quantitative estimate of drug-likeness (QED) is 0.422. The van der Waals surface area contributed by atoms with Crippen LogP contribution in [0.2, 0.25) is 0 Å². The van der Waals surface area contributed by atoms with Gasteiger partial charge in [-0.2, -0.15) is 0 Å². The van der Waals surface area contributed by atoms with Crippen LogP contribution < -0.4 is 0 Å². The van der Waals surface area contributed by atoms with E-state index in [0.29, 0.717) is 12.5 Å². The fourth-order valence-electron chi connectivity index (χ4n) is 4.13. The second-order valence-corrected chi connectivity index (χ2v) is 10.1. The lowest BCUT2D eigenvalue weighted by Crippen LogP contribution is -2.34. The molecule has 168 valence electrons. The minimum Gasteiger partial charge on any atom is -0.475 e. The molecule has 0 aromatic heterocycles.